The van der Waals surface area contributed by atoms with Gasteiger partial charge in [-0.05, 0) is 97.6 Å². The zero-order chi connectivity index (χ0) is 46.1. The van der Waals surface area contributed by atoms with E-state index in [-0.39, 0.29) is 12.3 Å². The molecule has 3 heterocycles. The summed E-state index contributed by atoms with van der Waals surface area (Å²) in [6, 6.07) is 84.3. The van der Waals surface area contributed by atoms with Crippen LogP contribution in [0, 0.1) is 0 Å². The molecule has 15 rings (SSSR count). The largest absolute Gasteiger partial charge is 0.456 e. The molecule has 0 saturated carbocycles. The van der Waals surface area contributed by atoms with Crippen molar-refractivity contribution in [1.29, 1.82) is 0 Å². The summed E-state index contributed by atoms with van der Waals surface area (Å²) in [6.45, 7) is 0. The molecule has 3 aliphatic rings. The Kier molecular flexibility index (Phi) is 8.33. The van der Waals surface area contributed by atoms with E-state index in [0.29, 0.717) is 0 Å². The van der Waals surface area contributed by atoms with E-state index in [9.17, 15) is 0 Å². The number of nitrogens with one attached hydrogen (secondary N) is 1. The second kappa shape index (κ2) is 14.9. The predicted molar refractivity (Wildman–Crippen MR) is 286 cm³/mol. The molecule has 330 valence electrons. The number of aromatic nitrogens is 1. The molecule has 0 radical (unpaired) electrons. The quantitative estimate of drug-likeness (QED) is 0.187. The Morgan fingerprint density at radius 2 is 1.09 bits per heavy atom. The predicted octanol–water partition coefficient (Wildman–Crippen LogP) is 15.4. The van der Waals surface area contributed by atoms with E-state index in [1.807, 2.05) is 12.1 Å². The molecule has 1 N–H and O–H groups in total. The molecule has 5 nitrogen and oxygen atoms in total. The Hall–Kier alpha value is -8.77. The Morgan fingerprint density at radius 3 is 1.90 bits per heavy atom. The van der Waals surface area contributed by atoms with E-state index in [0.717, 1.165) is 55.7 Å². The molecule has 5 heteroatoms. The molecular weight excluding hydrogens is 853 g/mol. The topological polar surface area (TPSA) is 45.7 Å². The van der Waals surface area contributed by atoms with Crippen molar-refractivity contribution >= 4 is 49.6 Å². The van der Waals surface area contributed by atoms with Crippen molar-refractivity contribution in [2.24, 2.45) is 4.99 Å². The number of fused-ring (bicyclic) bond motifs is 17. The first-order chi connectivity index (χ1) is 34.6. The van der Waals surface area contributed by atoms with Crippen molar-refractivity contribution in [3.05, 3.63) is 269 Å². The molecule has 0 bridgehead atoms. The standard InChI is InChI=1S/C65H44N4O/c1-68-63(43-21-15-19-41(37-43)40-17-3-2-4-18-40)66-62(67-64(68)44-33-34-50-49-26-9-14-32-58(49)70-59(50)39-44)42-20-16-22-45(38-42)69-57-31-13-8-25-48(57)51-35-36-56-60(61(51)69)52-27-7-12-30-55(52)65(56)53-28-10-5-23-46(53)47-24-6-11-29-54(47)65/h2-39,62,64,67H,1H3. The SMILES string of the molecule is CN1C(c2cccc(-c3ccccc3)c2)=NC(c2cccc(-n3c4ccccc4c4ccc5c(c43)-c3ccccc3C53c4ccccc4-c4ccccc43)c2)NC1c1ccc2c(c1)oc1ccccc12. The lowest BCUT2D eigenvalue weighted by molar-refractivity contribution is 0.257. The van der Waals surface area contributed by atoms with E-state index in [1.54, 1.807) is 0 Å². The van der Waals surface area contributed by atoms with E-state index >= 15 is 0 Å². The molecule has 0 amide bonds. The highest BCUT2D eigenvalue weighted by Crippen LogP contribution is 2.64. The lowest BCUT2D eigenvalue weighted by Gasteiger charge is -2.39. The Morgan fingerprint density at radius 1 is 0.457 bits per heavy atom. The van der Waals surface area contributed by atoms with E-state index in [4.69, 9.17) is 9.41 Å². The van der Waals surface area contributed by atoms with Gasteiger partial charge in [-0.15, -0.1) is 0 Å². The highest BCUT2D eigenvalue weighted by Gasteiger charge is 2.52. The Balaban J connectivity index is 0.932. The summed E-state index contributed by atoms with van der Waals surface area (Å²) >= 11 is 0. The smallest absolute Gasteiger partial charge is 0.135 e. The minimum Gasteiger partial charge on any atom is -0.456 e. The summed E-state index contributed by atoms with van der Waals surface area (Å²) in [7, 11) is 2.14. The van der Waals surface area contributed by atoms with Gasteiger partial charge in [0.25, 0.3) is 0 Å². The third kappa shape index (κ3) is 5.43. The van der Waals surface area contributed by atoms with Gasteiger partial charge in [-0.1, -0.05) is 194 Å². The maximum atomic E-state index is 6.47. The van der Waals surface area contributed by atoms with Crippen LogP contribution < -0.4 is 5.32 Å². The van der Waals surface area contributed by atoms with Crippen LogP contribution >= 0.6 is 0 Å². The number of hydrogen-bond acceptors (Lipinski definition) is 4. The summed E-state index contributed by atoms with van der Waals surface area (Å²) in [5.74, 6) is 0.912. The lowest BCUT2D eigenvalue weighted by atomic mass is 9.70. The fourth-order valence-electron chi connectivity index (χ4n) is 12.5. The first kappa shape index (κ1) is 39.2. The third-order valence-electron chi connectivity index (χ3n) is 15.5. The zero-order valence-corrected chi connectivity index (χ0v) is 38.3. The van der Waals surface area contributed by atoms with Crippen LogP contribution in [0.15, 0.2) is 240 Å². The molecule has 1 aliphatic heterocycles. The van der Waals surface area contributed by atoms with Crippen molar-refractivity contribution in [2.45, 2.75) is 17.7 Å². The Bertz CT molecular complexity index is 4110. The van der Waals surface area contributed by atoms with Gasteiger partial charge in [0.05, 0.1) is 16.4 Å². The zero-order valence-electron chi connectivity index (χ0n) is 38.3. The molecular formula is C65H44N4O. The minimum absolute atomic E-state index is 0.222. The number of para-hydroxylation sites is 2. The molecule has 2 atom stereocenters. The van der Waals surface area contributed by atoms with E-state index in [2.05, 4.69) is 240 Å². The molecule has 10 aromatic carbocycles. The molecule has 2 aromatic heterocycles. The van der Waals surface area contributed by atoms with Crippen LogP contribution in [0.25, 0.3) is 82.8 Å². The van der Waals surface area contributed by atoms with Crippen LogP contribution in [-0.2, 0) is 5.41 Å². The number of rotatable bonds is 5. The second-order valence-corrected chi connectivity index (χ2v) is 19.1. The fraction of sp³-hybridized carbons (Fsp3) is 0.0615. The molecule has 2 unspecified atom stereocenters. The summed E-state index contributed by atoms with van der Waals surface area (Å²) in [4.78, 5) is 7.91. The molecule has 2 aliphatic carbocycles. The summed E-state index contributed by atoms with van der Waals surface area (Å²) in [5.41, 5.74) is 20.9. The number of furan rings is 1. The van der Waals surface area contributed by atoms with Gasteiger partial charge < -0.3 is 13.9 Å². The highest BCUT2D eigenvalue weighted by molar-refractivity contribution is 6.16. The number of nitrogens with zero attached hydrogens (tertiary/aromatic N) is 3. The average Bonchev–Trinajstić information content (AvgIpc) is 4.15. The maximum Gasteiger partial charge on any atom is 0.135 e. The first-order valence-electron chi connectivity index (χ1n) is 24.2. The van der Waals surface area contributed by atoms with Crippen LogP contribution in [0.4, 0.5) is 0 Å². The number of amidine groups is 1. The monoisotopic (exact) mass is 896 g/mol. The lowest BCUT2D eigenvalue weighted by Crippen LogP contribution is -2.46. The number of hydrogen-bond donors (Lipinski definition) is 1. The van der Waals surface area contributed by atoms with Crippen LogP contribution in [0.2, 0.25) is 0 Å². The second-order valence-electron chi connectivity index (χ2n) is 19.1. The van der Waals surface area contributed by atoms with Crippen molar-refractivity contribution in [3.8, 4) is 39.1 Å². The van der Waals surface area contributed by atoms with Gasteiger partial charge in [0.1, 0.15) is 29.3 Å². The van der Waals surface area contributed by atoms with Crippen LogP contribution in [-0.4, -0.2) is 22.4 Å². The van der Waals surface area contributed by atoms with Crippen LogP contribution in [0.5, 0.6) is 0 Å². The summed E-state index contributed by atoms with van der Waals surface area (Å²) in [5, 5.41) is 8.72. The first-order valence-corrected chi connectivity index (χ1v) is 24.2. The maximum absolute atomic E-state index is 6.47. The van der Waals surface area contributed by atoms with Gasteiger partial charge in [-0.2, -0.15) is 0 Å². The molecule has 12 aromatic rings. The molecule has 0 saturated heterocycles. The van der Waals surface area contributed by atoms with Gasteiger partial charge in [-0.3, -0.25) is 5.32 Å². The van der Waals surface area contributed by atoms with Crippen molar-refractivity contribution in [1.82, 2.24) is 14.8 Å². The van der Waals surface area contributed by atoms with Crippen molar-refractivity contribution < 1.29 is 4.42 Å². The number of benzene rings is 10. The molecule has 70 heavy (non-hydrogen) atoms. The van der Waals surface area contributed by atoms with Gasteiger partial charge in [-0.25, -0.2) is 4.99 Å². The van der Waals surface area contributed by atoms with Gasteiger partial charge in [0, 0.05) is 45.4 Å². The van der Waals surface area contributed by atoms with Gasteiger partial charge >= 0.3 is 0 Å². The molecule has 0 fully saturated rings. The van der Waals surface area contributed by atoms with Crippen molar-refractivity contribution in [2.75, 3.05) is 7.05 Å². The van der Waals surface area contributed by atoms with E-state index < -0.39 is 5.41 Å². The third-order valence-corrected chi connectivity index (χ3v) is 15.5. The van der Waals surface area contributed by atoms with E-state index in [1.165, 1.54) is 71.9 Å². The van der Waals surface area contributed by atoms with Gasteiger partial charge in [0.2, 0.25) is 0 Å². The van der Waals surface area contributed by atoms with Gasteiger partial charge in [0.15, 0.2) is 0 Å². The summed E-state index contributed by atoms with van der Waals surface area (Å²) < 4.78 is 8.99. The van der Waals surface area contributed by atoms with Crippen LogP contribution in [0.3, 0.4) is 0 Å². The minimum atomic E-state index is -0.447. The highest BCUT2D eigenvalue weighted by atomic mass is 16.3. The number of aliphatic imine (C=N–C) groups is 1. The summed E-state index contributed by atoms with van der Waals surface area (Å²) in [6.07, 6.45) is -0.599. The Labute approximate surface area is 405 Å². The fourth-order valence-corrected chi connectivity index (χ4v) is 12.5. The van der Waals surface area contributed by atoms with Crippen LogP contribution in [0.1, 0.15) is 51.3 Å². The normalized spacial score (nSPS) is 16.5. The van der Waals surface area contributed by atoms with Crippen molar-refractivity contribution in [3.63, 3.8) is 0 Å². The molecule has 1 spiro atoms. The average molecular weight is 897 g/mol.